The van der Waals surface area contributed by atoms with Crippen molar-refractivity contribution in [3.63, 3.8) is 0 Å². The van der Waals surface area contributed by atoms with E-state index in [9.17, 15) is 19.2 Å². The van der Waals surface area contributed by atoms with E-state index in [0.717, 1.165) is 4.90 Å². The molecule has 0 aliphatic carbocycles. The maximum atomic E-state index is 13.1. The van der Waals surface area contributed by atoms with Gasteiger partial charge >= 0.3 is 5.97 Å². The highest BCUT2D eigenvalue weighted by Crippen LogP contribution is 2.27. The van der Waals surface area contributed by atoms with Gasteiger partial charge in [0.2, 0.25) is 5.91 Å². The van der Waals surface area contributed by atoms with Crippen LogP contribution in [-0.4, -0.2) is 41.2 Å². The number of benzene rings is 2. The standard InChI is InChI=1S/C23H24N2O5/c1-4-30-23(29)15-8-7-9-16(13-15)24-20(26)19(12-14(2)3)25-21(27)17-10-5-6-11-18(17)22(25)28/h5-11,13-14,19H,4,12H2,1-3H3,(H,24,26). The number of hydrogen-bond acceptors (Lipinski definition) is 5. The molecule has 1 aliphatic rings. The largest absolute Gasteiger partial charge is 0.462 e. The van der Waals surface area contributed by atoms with Crippen molar-refractivity contribution in [1.82, 2.24) is 4.90 Å². The molecule has 0 radical (unpaired) electrons. The molecule has 2 aromatic rings. The summed E-state index contributed by atoms with van der Waals surface area (Å²) in [5.41, 5.74) is 1.29. The smallest absolute Gasteiger partial charge is 0.338 e. The summed E-state index contributed by atoms with van der Waals surface area (Å²) in [6.45, 7) is 5.79. The summed E-state index contributed by atoms with van der Waals surface area (Å²) in [4.78, 5) is 51.8. The predicted octanol–water partition coefficient (Wildman–Crippen LogP) is 3.51. The van der Waals surface area contributed by atoms with Gasteiger partial charge in [-0.05, 0) is 49.6 Å². The summed E-state index contributed by atoms with van der Waals surface area (Å²) in [6.07, 6.45) is 0.314. The minimum atomic E-state index is -0.969. The van der Waals surface area contributed by atoms with Crippen LogP contribution in [0.5, 0.6) is 0 Å². The van der Waals surface area contributed by atoms with Crippen LogP contribution in [0.25, 0.3) is 0 Å². The number of carbonyl (C=O) groups excluding carboxylic acids is 4. The summed E-state index contributed by atoms with van der Waals surface area (Å²) in [5, 5.41) is 2.74. The molecule has 0 saturated carbocycles. The Kier molecular flexibility index (Phi) is 6.30. The van der Waals surface area contributed by atoms with Crippen LogP contribution < -0.4 is 5.32 Å². The highest BCUT2D eigenvalue weighted by molar-refractivity contribution is 6.23. The van der Waals surface area contributed by atoms with Gasteiger partial charge in [0.25, 0.3) is 11.8 Å². The molecular weight excluding hydrogens is 384 g/mol. The summed E-state index contributed by atoms with van der Waals surface area (Å²) < 4.78 is 4.98. The Morgan fingerprint density at radius 2 is 1.63 bits per heavy atom. The van der Waals surface area contributed by atoms with E-state index in [2.05, 4.69) is 5.32 Å². The zero-order chi connectivity index (χ0) is 21.8. The molecule has 0 spiro atoms. The number of nitrogens with one attached hydrogen (secondary N) is 1. The maximum Gasteiger partial charge on any atom is 0.338 e. The number of imide groups is 1. The van der Waals surface area contributed by atoms with E-state index in [1.165, 1.54) is 6.07 Å². The molecule has 0 saturated heterocycles. The third-order valence-corrected chi connectivity index (χ3v) is 4.78. The van der Waals surface area contributed by atoms with Crippen molar-refractivity contribution in [2.75, 3.05) is 11.9 Å². The molecule has 156 valence electrons. The van der Waals surface area contributed by atoms with E-state index in [1.807, 2.05) is 13.8 Å². The summed E-state index contributed by atoms with van der Waals surface area (Å²) in [5.74, 6) is -1.86. The van der Waals surface area contributed by atoms with Gasteiger partial charge in [0, 0.05) is 5.69 Å². The van der Waals surface area contributed by atoms with Crippen LogP contribution in [0.3, 0.4) is 0 Å². The van der Waals surface area contributed by atoms with E-state index >= 15 is 0 Å². The molecule has 7 heteroatoms. The van der Waals surface area contributed by atoms with Gasteiger partial charge in [-0.25, -0.2) is 4.79 Å². The van der Waals surface area contributed by atoms with Crippen LogP contribution in [0.15, 0.2) is 48.5 Å². The van der Waals surface area contributed by atoms with Crippen LogP contribution in [0.2, 0.25) is 0 Å². The highest BCUT2D eigenvalue weighted by atomic mass is 16.5. The maximum absolute atomic E-state index is 13.1. The van der Waals surface area contributed by atoms with Crippen molar-refractivity contribution in [1.29, 1.82) is 0 Å². The predicted molar refractivity (Wildman–Crippen MR) is 111 cm³/mol. The Morgan fingerprint density at radius 1 is 1.00 bits per heavy atom. The molecule has 3 amide bonds. The quantitative estimate of drug-likeness (QED) is 0.559. The van der Waals surface area contributed by atoms with Crippen LogP contribution in [0.1, 0.15) is 58.3 Å². The van der Waals surface area contributed by atoms with Gasteiger partial charge in [0.1, 0.15) is 6.04 Å². The van der Waals surface area contributed by atoms with Crippen molar-refractivity contribution in [3.8, 4) is 0 Å². The molecule has 0 aromatic heterocycles. The molecule has 2 aromatic carbocycles. The van der Waals surface area contributed by atoms with Gasteiger partial charge in [-0.1, -0.05) is 32.0 Å². The number of nitrogens with zero attached hydrogens (tertiary/aromatic N) is 1. The van der Waals surface area contributed by atoms with Crippen molar-refractivity contribution in [2.45, 2.75) is 33.2 Å². The number of carbonyl (C=O) groups is 4. The minimum absolute atomic E-state index is 0.0657. The lowest BCUT2D eigenvalue weighted by Crippen LogP contribution is -2.47. The van der Waals surface area contributed by atoms with Gasteiger partial charge in [0.15, 0.2) is 0 Å². The lowest BCUT2D eigenvalue weighted by atomic mass is 10.0. The summed E-state index contributed by atoms with van der Waals surface area (Å²) in [6, 6.07) is 11.9. The van der Waals surface area contributed by atoms with Crippen LogP contribution in [0.4, 0.5) is 5.69 Å². The highest BCUT2D eigenvalue weighted by Gasteiger charge is 2.42. The van der Waals surface area contributed by atoms with E-state index < -0.39 is 29.7 Å². The van der Waals surface area contributed by atoms with Gasteiger partial charge < -0.3 is 10.1 Å². The Bertz CT molecular complexity index is 964. The minimum Gasteiger partial charge on any atom is -0.462 e. The second kappa shape index (κ2) is 8.90. The lowest BCUT2D eigenvalue weighted by Gasteiger charge is -2.26. The van der Waals surface area contributed by atoms with Crippen LogP contribution in [0, 0.1) is 5.92 Å². The Balaban J connectivity index is 1.86. The van der Waals surface area contributed by atoms with Gasteiger partial charge in [0.05, 0.1) is 23.3 Å². The van der Waals surface area contributed by atoms with E-state index in [-0.39, 0.29) is 12.5 Å². The number of ether oxygens (including phenoxy) is 1. The number of amides is 3. The molecule has 1 heterocycles. The molecule has 0 bridgehead atoms. The Labute approximate surface area is 175 Å². The first kappa shape index (κ1) is 21.2. The molecule has 1 atom stereocenters. The number of rotatable bonds is 7. The topological polar surface area (TPSA) is 92.8 Å². The normalized spacial score (nSPS) is 13.9. The summed E-state index contributed by atoms with van der Waals surface area (Å²) in [7, 11) is 0. The third-order valence-electron chi connectivity index (χ3n) is 4.78. The second-order valence-electron chi connectivity index (χ2n) is 7.46. The van der Waals surface area contributed by atoms with Gasteiger partial charge in [-0.3, -0.25) is 19.3 Å². The van der Waals surface area contributed by atoms with Crippen molar-refractivity contribution in [3.05, 3.63) is 65.2 Å². The molecule has 1 aliphatic heterocycles. The average molecular weight is 408 g/mol. The van der Waals surface area contributed by atoms with Crippen molar-refractivity contribution < 1.29 is 23.9 Å². The molecular formula is C23H24N2O5. The zero-order valence-electron chi connectivity index (χ0n) is 17.2. The SMILES string of the molecule is CCOC(=O)c1cccc(NC(=O)C(CC(C)C)N2C(=O)c3ccccc3C2=O)c1. The van der Waals surface area contributed by atoms with Gasteiger partial charge in [-0.15, -0.1) is 0 Å². The first-order valence-electron chi connectivity index (χ1n) is 9.88. The van der Waals surface area contributed by atoms with E-state index in [4.69, 9.17) is 4.74 Å². The number of hydrogen-bond donors (Lipinski definition) is 1. The lowest BCUT2D eigenvalue weighted by molar-refractivity contribution is -0.120. The molecule has 30 heavy (non-hydrogen) atoms. The fraction of sp³-hybridized carbons (Fsp3) is 0.304. The van der Waals surface area contributed by atoms with Gasteiger partial charge in [-0.2, -0.15) is 0 Å². The molecule has 7 nitrogen and oxygen atoms in total. The fourth-order valence-corrected chi connectivity index (χ4v) is 3.43. The molecule has 1 unspecified atom stereocenters. The Morgan fingerprint density at radius 3 is 2.20 bits per heavy atom. The second-order valence-corrected chi connectivity index (χ2v) is 7.46. The third kappa shape index (κ3) is 4.25. The number of fused-ring (bicyclic) bond motifs is 1. The van der Waals surface area contributed by atoms with E-state index in [0.29, 0.717) is 28.8 Å². The fourth-order valence-electron chi connectivity index (χ4n) is 3.43. The molecule has 0 fully saturated rings. The number of esters is 1. The zero-order valence-corrected chi connectivity index (χ0v) is 17.2. The summed E-state index contributed by atoms with van der Waals surface area (Å²) >= 11 is 0. The van der Waals surface area contributed by atoms with Crippen molar-refractivity contribution >= 4 is 29.4 Å². The first-order valence-corrected chi connectivity index (χ1v) is 9.88. The molecule has 1 N–H and O–H groups in total. The molecule has 3 rings (SSSR count). The Hall–Kier alpha value is -3.48. The van der Waals surface area contributed by atoms with Crippen LogP contribution in [-0.2, 0) is 9.53 Å². The number of anilines is 1. The first-order chi connectivity index (χ1) is 14.3. The van der Waals surface area contributed by atoms with Crippen LogP contribution >= 0.6 is 0 Å². The van der Waals surface area contributed by atoms with Crippen molar-refractivity contribution in [2.24, 2.45) is 5.92 Å². The monoisotopic (exact) mass is 408 g/mol. The average Bonchev–Trinajstić information content (AvgIpc) is 2.97. The van der Waals surface area contributed by atoms with E-state index in [1.54, 1.807) is 49.4 Å².